The highest BCUT2D eigenvalue weighted by atomic mass is 32.2. The number of aryl methyl sites for hydroxylation is 1. The molecule has 0 aliphatic heterocycles. The Hall–Kier alpha value is -0.430. The van der Waals surface area contributed by atoms with Gasteiger partial charge in [0.1, 0.15) is 0 Å². The van der Waals surface area contributed by atoms with Crippen molar-refractivity contribution in [1.82, 2.24) is 4.72 Å². The van der Waals surface area contributed by atoms with Gasteiger partial charge in [-0.3, -0.25) is 0 Å². The van der Waals surface area contributed by atoms with Crippen molar-refractivity contribution < 1.29 is 13.5 Å². The van der Waals surface area contributed by atoms with Crippen LogP contribution in [0.2, 0.25) is 0 Å². The van der Waals surface area contributed by atoms with Gasteiger partial charge in [-0.05, 0) is 25.8 Å². The van der Waals surface area contributed by atoms with Crippen LogP contribution in [0.3, 0.4) is 0 Å². The maximum atomic E-state index is 12.1. The van der Waals surface area contributed by atoms with Crippen LogP contribution in [0.5, 0.6) is 0 Å². The van der Waals surface area contributed by atoms with Crippen LogP contribution in [0.4, 0.5) is 0 Å². The minimum Gasteiger partial charge on any atom is -0.391 e. The topological polar surface area (TPSA) is 66.4 Å². The maximum absolute atomic E-state index is 12.1. The molecular weight excluding hydrogens is 258 g/mol. The maximum Gasteiger partial charge on any atom is 0.241 e. The molecule has 17 heavy (non-hydrogen) atoms. The molecule has 4 nitrogen and oxygen atoms in total. The van der Waals surface area contributed by atoms with Crippen LogP contribution >= 0.6 is 11.3 Å². The first-order chi connectivity index (χ1) is 7.94. The van der Waals surface area contributed by atoms with Gasteiger partial charge in [0.15, 0.2) is 0 Å². The van der Waals surface area contributed by atoms with Gasteiger partial charge in [0.2, 0.25) is 10.0 Å². The first-order valence-electron chi connectivity index (χ1n) is 5.67. The third-order valence-electron chi connectivity index (χ3n) is 2.68. The van der Waals surface area contributed by atoms with Gasteiger partial charge in [-0.25, -0.2) is 13.1 Å². The molecule has 0 saturated heterocycles. The molecule has 0 atom stereocenters. The largest absolute Gasteiger partial charge is 0.391 e. The van der Waals surface area contributed by atoms with Crippen molar-refractivity contribution in [3.05, 3.63) is 15.8 Å². The number of aliphatic hydroxyl groups is 1. The lowest BCUT2D eigenvalue weighted by molar-refractivity contribution is 0.285. The number of hydrogen-bond acceptors (Lipinski definition) is 4. The highest BCUT2D eigenvalue weighted by molar-refractivity contribution is 7.89. The van der Waals surface area contributed by atoms with Gasteiger partial charge in [-0.15, -0.1) is 11.3 Å². The molecular formula is C11H19NO3S2. The van der Waals surface area contributed by atoms with E-state index in [1.807, 2.05) is 13.8 Å². The SMILES string of the molecule is CCC(CC)NS(=O)(=O)c1cc(CO)sc1C. The second-order valence-corrected chi connectivity index (χ2v) is 6.95. The van der Waals surface area contributed by atoms with Crippen molar-refractivity contribution in [3.8, 4) is 0 Å². The highest BCUT2D eigenvalue weighted by Gasteiger charge is 2.22. The third-order valence-corrected chi connectivity index (χ3v) is 5.49. The van der Waals surface area contributed by atoms with E-state index >= 15 is 0 Å². The van der Waals surface area contributed by atoms with Crippen molar-refractivity contribution in [3.63, 3.8) is 0 Å². The summed E-state index contributed by atoms with van der Waals surface area (Å²) in [6.45, 7) is 5.55. The number of thiophene rings is 1. The molecule has 0 aliphatic rings. The molecule has 0 bridgehead atoms. The molecule has 0 aliphatic carbocycles. The fourth-order valence-corrected chi connectivity index (χ4v) is 4.51. The fraction of sp³-hybridized carbons (Fsp3) is 0.636. The van der Waals surface area contributed by atoms with Gasteiger partial charge in [-0.2, -0.15) is 0 Å². The molecule has 0 fully saturated rings. The van der Waals surface area contributed by atoms with E-state index in [9.17, 15) is 8.42 Å². The molecule has 0 aromatic carbocycles. The first-order valence-corrected chi connectivity index (χ1v) is 7.97. The average Bonchev–Trinajstić information content (AvgIpc) is 2.68. The minimum absolute atomic E-state index is 0.0307. The Morgan fingerprint density at radius 2 is 2.00 bits per heavy atom. The molecule has 1 rings (SSSR count). The molecule has 0 unspecified atom stereocenters. The Bertz CT molecular complexity index is 461. The summed E-state index contributed by atoms with van der Waals surface area (Å²) in [6, 6.07) is 1.52. The Kier molecular flexibility index (Phi) is 5.12. The molecule has 0 radical (unpaired) electrons. The van der Waals surface area contributed by atoms with Crippen molar-refractivity contribution in [2.45, 2.75) is 51.2 Å². The number of nitrogens with one attached hydrogen (secondary N) is 1. The van der Waals surface area contributed by atoms with Crippen LogP contribution < -0.4 is 4.72 Å². The van der Waals surface area contributed by atoms with Crippen LogP contribution in [0.25, 0.3) is 0 Å². The van der Waals surface area contributed by atoms with E-state index < -0.39 is 10.0 Å². The summed E-state index contributed by atoms with van der Waals surface area (Å²) in [5, 5.41) is 9.01. The quantitative estimate of drug-likeness (QED) is 0.836. The zero-order valence-electron chi connectivity index (χ0n) is 10.4. The van der Waals surface area contributed by atoms with E-state index in [0.717, 1.165) is 12.8 Å². The number of aliphatic hydroxyl groups excluding tert-OH is 1. The molecule has 0 saturated carbocycles. The normalized spacial score (nSPS) is 12.3. The Morgan fingerprint density at radius 3 is 2.41 bits per heavy atom. The van der Waals surface area contributed by atoms with Crippen LogP contribution in [0.1, 0.15) is 36.4 Å². The molecule has 6 heteroatoms. The Morgan fingerprint density at radius 1 is 1.41 bits per heavy atom. The standard InChI is InChI=1S/C11H19NO3S2/c1-4-9(5-2)12-17(14,15)11-6-10(7-13)16-8(11)3/h6,9,12-13H,4-5,7H2,1-3H3. The van der Waals surface area contributed by atoms with Crippen LogP contribution in [0.15, 0.2) is 11.0 Å². The van der Waals surface area contributed by atoms with Crippen LogP contribution in [0, 0.1) is 6.92 Å². The summed E-state index contributed by atoms with van der Waals surface area (Å²) < 4.78 is 26.9. The summed E-state index contributed by atoms with van der Waals surface area (Å²) in [4.78, 5) is 1.68. The summed E-state index contributed by atoms with van der Waals surface area (Å²) >= 11 is 1.31. The van der Waals surface area contributed by atoms with E-state index in [-0.39, 0.29) is 12.6 Å². The lowest BCUT2D eigenvalue weighted by Crippen LogP contribution is -2.33. The van der Waals surface area contributed by atoms with Crippen LogP contribution in [-0.4, -0.2) is 19.6 Å². The van der Waals surface area contributed by atoms with Gasteiger partial charge < -0.3 is 5.11 Å². The monoisotopic (exact) mass is 277 g/mol. The van der Waals surface area contributed by atoms with E-state index in [4.69, 9.17) is 5.11 Å². The van der Waals surface area contributed by atoms with Gasteiger partial charge in [-0.1, -0.05) is 13.8 Å². The fourth-order valence-electron chi connectivity index (χ4n) is 1.61. The molecule has 98 valence electrons. The minimum atomic E-state index is -3.45. The summed E-state index contributed by atoms with van der Waals surface area (Å²) in [6.07, 6.45) is 1.54. The first kappa shape index (κ1) is 14.6. The second-order valence-electron chi connectivity index (χ2n) is 3.93. The lowest BCUT2D eigenvalue weighted by atomic mass is 10.2. The number of hydrogen-bond donors (Lipinski definition) is 2. The second kappa shape index (κ2) is 5.95. The van der Waals surface area contributed by atoms with Gasteiger partial charge in [0, 0.05) is 15.8 Å². The predicted molar refractivity (Wildman–Crippen MR) is 69.7 cm³/mol. The van der Waals surface area contributed by atoms with Crippen LogP contribution in [-0.2, 0) is 16.6 Å². The zero-order chi connectivity index (χ0) is 13.1. The Labute approximate surface area is 107 Å². The molecule has 0 spiro atoms. The molecule has 1 heterocycles. The van der Waals surface area contributed by atoms with Crippen molar-refractivity contribution >= 4 is 21.4 Å². The van der Waals surface area contributed by atoms with Gasteiger partial charge in [0.25, 0.3) is 0 Å². The molecule has 2 N–H and O–H groups in total. The molecule has 0 amide bonds. The third kappa shape index (κ3) is 3.51. The van der Waals surface area contributed by atoms with Crippen molar-refractivity contribution in [2.75, 3.05) is 0 Å². The number of rotatable bonds is 6. The van der Waals surface area contributed by atoms with Crippen molar-refractivity contribution in [1.29, 1.82) is 0 Å². The highest BCUT2D eigenvalue weighted by Crippen LogP contribution is 2.26. The molecule has 1 aromatic heterocycles. The van der Waals surface area contributed by atoms with Gasteiger partial charge >= 0.3 is 0 Å². The average molecular weight is 277 g/mol. The van der Waals surface area contributed by atoms with E-state index in [1.54, 1.807) is 13.0 Å². The van der Waals surface area contributed by atoms with E-state index in [0.29, 0.717) is 14.6 Å². The van der Waals surface area contributed by atoms with Crippen molar-refractivity contribution in [2.24, 2.45) is 0 Å². The zero-order valence-corrected chi connectivity index (χ0v) is 12.0. The van der Waals surface area contributed by atoms with E-state index in [1.165, 1.54) is 11.3 Å². The summed E-state index contributed by atoms with van der Waals surface area (Å²) in [5.74, 6) is 0. The Balaban J connectivity index is 3.00. The smallest absolute Gasteiger partial charge is 0.241 e. The summed E-state index contributed by atoms with van der Waals surface area (Å²) in [5.41, 5.74) is 0. The lowest BCUT2D eigenvalue weighted by Gasteiger charge is -2.14. The molecule has 1 aromatic rings. The summed E-state index contributed by atoms with van der Waals surface area (Å²) in [7, 11) is -3.45. The van der Waals surface area contributed by atoms with Gasteiger partial charge in [0.05, 0.1) is 11.5 Å². The van der Waals surface area contributed by atoms with E-state index in [2.05, 4.69) is 4.72 Å². The number of sulfonamides is 1. The predicted octanol–water partition coefficient (Wildman–Crippen LogP) is 2.02.